The summed E-state index contributed by atoms with van der Waals surface area (Å²) in [6.45, 7) is 0. The van der Waals surface area contributed by atoms with E-state index in [4.69, 9.17) is 5.14 Å². The standard InChI is InChI=1S/C20H17N3O4S2/c21-29(26,27)17-10-8-15(9-11-17)22-20(25)18(13-16-7-4-12-28-16)23-19(24)14-5-2-1-3-6-14/h1-13H,(H,22,25)(H,23,24)(H2,21,26,27)/b18-13-. The molecule has 0 radical (unpaired) electrons. The van der Waals surface area contributed by atoms with E-state index in [1.807, 2.05) is 17.5 Å². The summed E-state index contributed by atoms with van der Waals surface area (Å²) in [6.07, 6.45) is 1.57. The largest absolute Gasteiger partial charge is 0.321 e. The van der Waals surface area contributed by atoms with Crippen molar-refractivity contribution in [1.29, 1.82) is 0 Å². The van der Waals surface area contributed by atoms with Gasteiger partial charge in [-0.3, -0.25) is 9.59 Å². The van der Waals surface area contributed by atoms with Gasteiger partial charge in [-0.15, -0.1) is 11.3 Å². The number of rotatable bonds is 6. The number of hydrogen-bond donors (Lipinski definition) is 3. The third-order valence-electron chi connectivity index (χ3n) is 3.80. The van der Waals surface area contributed by atoms with Crippen molar-refractivity contribution in [3.05, 3.63) is 88.2 Å². The van der Waals surface area contributed by atoms with Crippen LogP contribution < -0.4 is 15.8 Å². The second kappa shape index (κ2) is 8.82. The zero-order valence-electron chi connectivity index (χ0n) is 15.0. The maximum atomic E-state index is 12.8. The number of thiophene rings is 1. The topological polar surface area (TPSA) is 118 Å². The van der Waals surface area contributed by atoms with E-state index in [2.05, 4.69) is 10.6 Å². The highest BCUT2D eigenvalue weighted by Gasteiger charge is 2.16. The highest BCUT2D eigenvalue weighted by atomic mass is 32.2. The van der Waals surface area contributed by atoms with Crippen molar-refractivity contribution in [2.75, 3.05) is 5.32 Å². The fourth-order valence-electron chi connectivity index (χ4n) is 2.38. The number of nitrogens with one attached hydrogen (secondary N) is 2. The molecule has 0 bridgehead atoms. The van der Waals surface area contributed by atoms with E-state index in [0.717, 1.165) is 4.88 Å². The molecule has 0 aliphatic carbocycles. The minimum absolute atomic E-state index is 0.0526. The van der Waals surface area contributed by atoms with Crippen molar-refractivity contribution in [2.24, 2.45) is 5.14 Å². The van der Waals surface area contributed by atoms with Gasteiger partial charge in [-0.1, -0.05) is 24.3 Å². The van der Waals surface area contributed by atoms with Gasteiger partial charge in [0.15, 0.2) is 0 Å². The number of carbonyl (C=O) groups excluding carboxylic acids is 2. The minimum Gasteiger partial charge on any atom is -0.321 e. The SMILES string of the molecule is NS(=O)(=O)c1ccc(NC(=O)/C(=C/c2cccs2)NC(=O)c2ccccc2)cc1. The average Bonchev–Trinajstić information content (AvgIpc) is 3.21. The molecule has 148 valence electrons. The number of nitrogens with two attached hydrogens (primary N) is 1. The number of anilines is 1. The van der Waals surface area contributed by atoms with Gasteiger partial charge in [0, 0.05) is 16.1 Å². The maximum Gasteiger partial charge on any atom is 0.272 e. The summed E-state index contributed by atoms with van der Waals surface area (Å²) in [7, 11) is -3.82. The van der Waals surface area contributed by atoms with Crippen LogP contribution >= 0.6 is 11.3 Å². The van der Waals surface area contributed by atoms with E-state index in [1.54, 1.807) is 36.4 Å². The number of hydrogen-bond acceptors (Lipinski definition) is 5. The second-order valence-electron chi connectivity index (χ2n) is 5.92. The Kier molecular flexibility index (Phi) is 6.23. The van der Waals surface area contributed by atoms with Crippen LogP contribution in [0.2, 0.25) is 0 Å². The van der Waals surface area contributed by atoms with Crippen molar-refractivity contribution in [1.82, 2.24) is 5.32 Å². The van der Waals surface area contributed by atoms with Gasteiger partial charge in [0.25, 0.3) is 11.8 Å². The van der Waals surface area contributed by atoms with Gasteiger partial charge in [-0.05, 0) is 53.9 Å². The number of carbonyl (C=O) groups is 2. The Morgan fingerprint density at radius 3 is 2.21 bits per heavy atom. The molecular weight excluding hydrogens is 410 g/mol. The van der Waals surface area contributed by atoms with Crippen molar-refractivity contribution < 1.29 is 18.0 Å². The van der Waals surface area contributed by atoms with E-state index in [9.17, 15) is 18.0 Å². The molecule has 2 aromatic carbocycles. The molecule has 1 heterocycles. The zero-order chi connectivity index (χ0) is 20.9. The van der Waals surface area contributed by atoms with Crippen molar-refractivity contribution in [3.63, 3.8) is 0 Å². The van der Waals surface area contributed by atoms with E-state index in [-0.39, 0.29) is 10.6 Å². The monoisotopic (exact) mass is 427 g/mol. The highest BCUT2D eigenvalue weighted by molar-refractivity contribution is 7.89. The molecule has 0 aliphatic heterocycles. The molecule has 3 aromatic rings. The third kappa shape index (κ3) is 5.61. The molecule has 4 N–H and O–H groups in total. The van der Waals surface area contributed by atoms with Crippen LogP contribution in [0.1, 0.15) is 15.2 Å². The Balaban J connectivity index is 1.82. The minimum atomic E-state index is -3.82. The van der Waals surface area contributed by atoms with Gasteiger partial charge in [-0.2, -0.15) is 0 Å². The van der Waals surface area contributed by atoms with Crippen LogP contribution in [0.5, 0.6) is 0 Å². The van der Waals surface area contributed by atoms with E-state index in [0.29, 0.717) is 11.3 Å². The summed E-state index contributed by atoms with van der Waals surface area (Å²) in [6, 6.07) is 17.6. The number of primary sulfonamides is 1. The lowest BCUT2D eigenvalue weighted by Crippen LogP contribution is -2.30. The lowest BCUT2D eigenvalue weighted by molar-refractivity contribution is -0.113. The van der Waals surface area contributed by atoms with Gasteiger partial charge in [0.2, 0.25) is 10.0 Å². The summed E-state index contributed by atoms with van der Waals surface area (Å²) < 4.78 is 22.7. The van der Waals surface area contributed by atoms with Crippen molar-refractivity contribution in [3.8, 4) is 0 Å². The molecule has 2 amide bonds. The number of amides is 2. The second-order valence-corrected chi connectivity index (χ2v) is 8.46. The molecule has 0 spiro atoms. The Hall–Kier alpha value is -3.27. The van der Waals surface area contributed by atoms with Crippen molar-refractivity contribution >= 4 is 44.9 Å². The predicted octanol–water partition coefficient (Wildman–Crippen LogP) is 2.81. The van der Waals surface area contributed by atoms with Crippen molar-refractivity contribution in [2.45, 2.75) is 4.90 Å². The van der Waals surface area contributed by atoms with Crippen LogP contribution in [-0.2, 0) is 14.8 Å². The van der Waals surface area contributed by atoms with Crippen LogP contribution in [0.15, 0.2) is 82.7 Å². The molecule has 0 fully saturated rings. The first-order valence-corrected chi connectivity index (χ1v) is 10.8. The first-order chi connectivity index (χ1) is 13.8. The maximum absolute atomic E-state index is 12.8. The van der Waals surface area contributed by atoms with Gasteiger partial charge >= 0.3 is 0 Å². The normalized spacial score (nSPS) is 11.7. The molecule has 3 rings (SSSR count). The molecule has 0 unspecified atom stereocenters. The predicted molar refractivity (Wildman–Crippen MR) is 113 cm³/mol. The lowest BCUT2D eigenvalue weighted by Gasteiger charge is -2.11. The molecule has 29 heavy (non-hydrogen) atoms. The summed E-state index contributed by atoms with van der Waals surface area (Å²) in [5, 5.41) is 12.2. The highest BCUT2D eigenvalue weighted by Crippen LogP contribution is 2.16. The van der Waals surface area contributed by atoms with Gasteiger partial charge in [0.1, 0.15) is 5.70 Å². The van der Waals surface area contributed by atoms with Crippen LogP contribution in [-0.4, -0.2) is 20.2 Å². The Labute approximate surface area is 171 Å². The summed E-state index contributed by atoms with van der Waals surface area (Å²) >= 11 is 1.41. The van der Waals surface area contributed by atoms with Gasteiger partial charge in [-0.25, -0.2) is 13.6 Å². The molecule has 9 heteroatoms. The van der Waals surface area contributed by atoms with Crippen LogP contribution in [0, 0.1) is 0 Å². The lowest BCUT2D eigenvalue weighted by atomic mass is 10.2. The molecule has 0 atom stereocenters. The quantitative estimate of drug-likeness (QED) is 0.524. The fraction of sp³-hybridized carbons (Fsp3) is 0. The molecule has 0 aliphatic rings. The first kappa shape index (κ1) is 20.5. The smallest absolute Gasteiger partial charge is 0.272 e. The Morgan fingerprint density at radius 2 is 1.62 bits per heavy atom. The van der Waals surface area contributed by atoms with Crippen LogP contribution in [0.3, 0.4) is 0 Å². The van der Waals surface area contributed by atoms with E-state index < -0.39 is 21.8 Å². The summed E-state index contributed by atoms with van der Waals surface area (Å²) in [5.74, 6) is -0.973. The fourth-order valence-corrected chi connectivity index (χ4v) is 3.56. The van der Waals surface area contributed by atoms with Crippen LogP contribution in [0.25, 0.3) is 6.08 Å². The Bertz CT molecular complexity index is 1140. The number of benzene rings is 2. The number of sulfonamides is 1. The van der Waals surface area contributed by atoms with Crippen LogP contribution in [0.4, 0.5) is 5.69 Å². The molecule has 7 nitrogen and oxygen atoms in total. The average molecular weight is 428 g/mol. The molecular formula is C20H17N3O4S2. The van der Waals surface area contributed by atoms with Gasteiger partial charge < -0.3 is 10.6 Å². The van der Waals surface area contributed by atoms with E-state index in [1.165, 1.54) is 35.6 Å². The molecule has 0 saturated heterocycles. The summed E-state index contributed by atoms with van der Waals surface area (Å²) in [4.78, 5) is 26.0. The zero-order valence-corrected chi connectivity index (χ0v) is 16.7. The first-order valence-electron chi connectivity index (χ1n) is 8.39. The summed E-state index contributed by atoms with van der Waals surface area (Å²) in [5.41, 5.74) is 0.820. The van der Waals surface area contributed by atoms with E-state index >= 15 is 0 Å². The Morgan fingerprint density at radius 1 is 0.931 bits per heavy atom. The van der Waals surface area contributed by atoms with Gasteiger partial charge in [0.05, 0.1) is 4.90 Å². The third-order valence-corrected chi connectivity index (χ3v) is 5.55. The molecule has 0 saturated carbocycles. The molecule has 1 aromatic heterocycles.